The van der Waals surface area contributed by atoms with Gasteiger partial charge in [0.15, 0.2) is 5.06 Å². The Labute approximate surface area is 180 Å². The summed E-state index contributed by atoms with van der Waals surface area (Å²) in [4.78, 5) is 25.0. The first-order chi connectivity index (χ1) is 13.9. The summed E-state index contributed by atoms with van der Waals surface area (Å²) in [5.74, 6) is -2.15. The number of fused-ring (bicyclic) bond motifs is 1. The molecule has 0 radical (unpaired) electrons. The Morgan fingerprint density at radius 2 is 1.66 bits per heavy atom. The van der Waals surface area contributed by atoms with E-state index in [1.807, 2.05) is 0 Å². The van der Waals surface area contributed by atoms with E-state index in [1.165, 1.54) is 0 Å². The van der Waals surface area contributed by atoms with Gasteiger partial charge in [0.25, 0.3) is 5.91 Å². The van der Waals surface area contributed by atoms with Crippen molar-refractivity contribution in [2.75, 3.05) is 5.32 Å². The van der Waals surface area contributed by atoms with E-state index < -0.39 is 11.9 Å². The largest absolute Gasteiger partial charge is 0.506 e. The van der Waals surface area contributed by atoms with E-state index in [0.717, 1.165) is 31.8 Å². The second kappa shape index (κ2) is 7.51. The van der Waals surface area contributed by atoms with E-state index in [9.17, 15) is 24.9 Å². The molecule has 0 unspecified atom stereocenters. The van der Waals surface area contributed by atoms with Crippen molar-refractivity contribution in [3.8, 4) is 21.3 Å². The molecule has 1 amide bonds. The molecule has 9 heteroatoms. The van der Waals surface area contributed by atoms with Crippen LogP contribution in [0.5, 0.6) is 10.8 Å². The minimum Gasteiger partial charge on any atom is -0.506 e. The second-order valence-electron chi connectivity index (χ2n) is 6.03. The topological polar surface area (TPSA) is 107 Å². The average Bonchev–Trinajstić information content (AvgIpc) is 3.20. The van der Waals surface area contributed by atoms with Crippen molar-refractivity contribution >= 4 is 66.3 Å². The van der Waals surface area contributed by atoms with Crippen LogP contribution in [0.1, 0.15) is 20.0 Å². The van der Waals surface area contributed by atoms with Gasteiger partial charge in [-0.25, -0.2) is 4.79 Å². The molecular formula is C20H12BrNO5S2. The number of anilines is 1. The van der Waals surface area contributed by atoms with Crippen molar-refractivity contribution in [3.05, 3.63) is 63.4 Å². The Morgan fingerprint density at radius 1 is 0.966 bits per heavy atom. The monoisotopic (exact) mass is 489 g/mol. The van der Waals surface area contributed by atoms with Crippen LogP contribution in [0.25, 0.3) is 20.5 Å². The third-order valence-corrected chi connectivity index (χ3v) is 6.95. The fraction of sp³-hybridized carbons (Fsp3) is 0. The lowest BCUT2D eigenvalue weighted by atomic mass is 10.1. The molecule has 0 fully saturated rings. The number of nitrogens with one attached hydrogen (secondary N) is 1. The summed E-state index contributed by atoms with van der Waals surface area (Å²) in [5, 5.41) is 33.1. The van der Waals surface area contributed by atoms with Crippen LogP contribution in [-0.2, 0) is 0 Å². The maximum atomic E-state index is 12.8. The van der Waals surface area contributed by atoms with Crippen LogP contribution < -0.4 is 5.32 Å². The number of aromatic hydroxyl groups is 2. The molecule has 0 aliphatic carbocycles. The van der Waals surface area contributed by atoms with Crippen LogP contribution in [0.3, 0.4) is 0 Å². The fourth-order valence-electron chi connectivity index (χ4n) is 2.90. The Balaban J connectivity index is 1.76. The van der Waals surface area contributed by atoms with E-state index in [1.54, 1.807) is 48.5 Å². The predicted octanol–water partition coefficient (Wildman–Crippen LogP) is 5.75. The molecule has 146 valence electrons. The van der Waals surface area contributed by atoms with Gasteiger partial charge in [-0.1, -0.05) is 51.5 Å². The Hall–Kier alpha value is -2.88. The lowest BCUT2D eigenvalue weighted by Gasteiger charge is -2.06. The molecule has 0 aliphatic rings. The van der Waals surface area contributed by atoms with Gasteiger partial charge in [0.1, 0.15) is 21.9 Å². The molecule has 2 aromatic carbocycles. The summed E-state index contributed by atoms with van der Waals surface area (Å²) in [6.07, 6.45) is 0. The van der Waals surface area contributed by atoms with Gasteiger partial charge in [-0.05, 0) is 29.8 Å². The number of carboxylic acid groups (broad SMARTS) is 1. The number of hydrogen-bond donors (Lipinski definition) is 4. The summed E-state index contributed by atoms with van der Waals surface area (Å²) in [6, 6.07) is 13.9. The highest BCUT2D eigenvalue weighted by molar-refractivity contribution is 9.10. The molecule has 0 saturated heterocycles. The van der Waals surface area contributed by atoms with Crippen molar-refractivity contribution in [1.29, 1.82) is 0 Å². The molecule has 4 N–H and O–H groups in total. The van der Waals surface area contributed by atoms with Crippen LogP contribution in [0.2, 0.25) is 0 Å². The second-order valence-corrected chi connectivity index (χ2v) is 9.00. The highest BCUT2D eigenvalue weighted by Crippen LogP contribution is 2.46. The van der Waals surface area contributed by atoms with Crippen molar-refractivity contribution in [2.45, 2.75) is 0 Å². The Morgan fingerprint density at radius 3 is 2.31 bits per heavy atom. The van der Waals surface area contributed by atoms with Crippen molar-refractivity contribution < 1.29 is 24.9 Å². The molecule has 6 nitrogen and oxygen atoms in total. The van der Waals surface area contributed by atoms with Crippen LogP contribution in [0, 0.1) is 0 Å². The standard InChI is InChI=1S/C20H12BrNO5S2/c21-10-7-5-9(6-8-10)16-13(19(25)26)14(20(27)29-16)22-18(24)17-15(23)11-3-1-2-4-12(11)28-17/h1-8,23,27H,(H,22,24)(H,25,26). The zero-order chi connectivity index (χ0) is 20.7. The van der Waals surface area contributed by atoms with Gasteiger partial charge in [0, 0.05) is 14.6 Å². The van der Waals surface area contributed by atoms with Gasteiger partial charge in [0.2, 0.25) is 0 Å². The molecule has 0 atom stereocenters. The zero-order valence-corrected chi connectivity index (χ0v) is 17.7. The molecule has 2 heterocycles. The molecule has 0 bridgehead atoms. The van der Waals surface area contributed by atoms with Gasteiger partial charge in [0.05, 0.1) is 4.88 Å². The minimum atomic E-state index is -1.28. The summed E-state index contributed by atoms with van der Waals surface area (Å²) >= 11 is 5.27. The number of benzene rings is 2. The van der Waals surface area contributed by atoms with Crippen LogP contribution in [0.15, 0.2) is 53.0 Å². The first-order valence-corrected chi connectivity index (χ1v) is 10.7. The van der Waals surface area contributed by atoms with E-state index >= 15 is 0 Å². The van der Waals surface area contributed by atoms with Crippen LogP contribution >= 0.6 is 38.6 Å². The summed E-state index contributed by atoms with van der Waals surface area (Å²) in [6.45, 7) is 0. The maximum Gasteiger partial charge on any atom is 0.339 e. The lowest BCUT2D eigenvalue weighted by Crippen LogP contribution is -2.13. The zero-order valence-electron chi connectivity index (χ0n) is 14.5. The number of thiophene rings is 2. The van der Waals surface area contributed by atoms with Crippen LogP contribution in [-0.4, -0.2) is 27.2 Å². The number of carboxylic acids is 1. The molecule has 0 aliphatic heterocycles. The average molecular weight is 490 g/mol. The van der Waals surface area contributed by atoms with E-state index in [0.29, 0.717) is 15.8 Å². The Bertz CT molecular complexity index is 1260. The first kappa shape index (κ1) is 19.4. The van der Waals surface area contributed by atoms with E-state index in [-0.39, 0.29) is 26.9 Å². The molecular weight excluding hydrogens is 478 g/mol. The summed E-state index contributed by atoms with van der Waals surface area (Å²) in [7, 11) is 0. The van der Waals surface area contributed by atoms with Crippen LogP contribution in [0.4, 0.5) is 5.69 Å². The molecule has 4 aromatic rings. The van der Waals surface area contributed by atoms with Crippen molar-refractivity contribution in [1.82, 2.24) is 0 Å². The summed E-state index contributed by atoms with van der Waals surface area (Å²) < 4.78 is 1.55. The van der Waals surface area contributed by atoms with E-state index in [4.69, 9.17) is 0 Å². The number of amides is 1. The SMILES string of the molecule is O=C(Nc1c(O)sc(-c2ccc(Br)cc2)c1C(=O)O)c1sc2ccccc2c1O. The third kappa shape index (κ3) is 3.48. The lowest BCUT2D eigenvalue weighted by molar-refractivity contribution is 0.0699. The Kier molecular flexibility index (Phi) is 5.03. The first-order valence-electron chi connectivity index (χ1n) is 8.23. The van der Waals surface area contributed by atoms with Crippen molar-refractivity contribution in [3.63, 3.8) is 0 Å². The predicted molar refractivity (Wildman–Crippen MR) is 118 cm³/mol. The molecule has 0 saturated carbocycles. The highest BCUT2D eigenvalue weighted by Gasteiger charge is 2.27. The molecule has 0 spiro atoms. The molecule has 2 aromatic heterocycles. The third-order valence-electron chi connectivity index (χ3n) is 4.22. The fourth-order valence-corrected chi connectivity index (χ4v) is 5.15. The van der Waals surface area contributed by atoms with Gasteiger partial charge in [-0.2, -0.15) is 0 Å². The number of rotatable bonds is 4. The van der Waals surface area contributed by atoms with Gasteiger partial charge < -0.3 is 20.6 Å². The van der Waals surface area contributed by atoms with E-state index in [2.05, 4.69) is 21.2 Å². The minimum absolute atomic E-state index is 0.0401. The normalized spacial score (nSPS) is 10.9. The van der Waals surface area contributed by atoms with Gasteiger partial charge in [-0.3, -0.25) is 4.79 Å². The molecule has 4 rings (SSSR count). The number of aromatic carboxylic acids is 1. The smallest absolute Gasteiger partial charge is 0.339 e. The quantitative estimate of drug-likeness (QED) is 0.291. The van der Waals surface area contributed by atoms with Gasteiger partial charge in [-0.15, -0.1) is 11.3 Å². The number of carbonyl (C=O) groups is 2. The number of hydrogen-bond acceptors (Lipinski definition) is 6. The summed E-state index contributed by atoms with van der Waals surface area (Å²) in [5.41, 5.74) is 0.196. The van der Waals surface area contributed by atoms with Gasteiger partial charge >= 0.3 is 5.97 Å². The number of carbonyl (C=O) groups excluding carboxylic acids is 1. The highest BCUT2D eigenvalue weighted by atomic mass is 79.9. The number of halogens is 1. The van der Waals surface area contributed by atoms with Crippen molar-refractivity contribution in [2.24, 2.45) is 0 Å². The molecule has 29 heavy (non-hydrogen) atoms. The maximum absolute atomic E-state index is 12.8.